The normalized spacial score (nSPS) is 15.5. The molecule has 0 atom stereocenters. The van der Waals surface area contributed by atoms with Crippen LogP contribution < -0.4 is 19.9 Å². The molecule has 0 saturated carbocycles. The molecule has 4 aromatic rings. The molecule has 10 heteroatoms. The maximum atomic E-state index is 13.8. The summed E-state index contributed by atoms with van der Waals surface area (Å²) in [7, 11) is 4.99. The molecule has 0 radical (unpaired) electrons. The van der Waals surface area contributed by atoms with Crippen LogP contribution in [0.5, 0.6) is 11.5 Å². The van der Waals surface area contributed by atoms with Crippen LogP contribution in [0, 0.1) is 6.92 Å². The van der Waals surface area contributed by atoms with Gasteiger partial charge in [-0.1, -0.05) is 30.3 Å². The summed E-state index contributed by atoms with van der Waals surface area (Å²) in [5.74, 6) is 1.09. The summed E-state index contributed by atoms with van der Waals surface area (Å²) >= 11 is 1.16. The van der Waals surface area contributed by atoms with Gasteiger partial charge in [0.25, 0.3) is 11.5 Å². The van der Waals surface area contributed by atoms with E-state index in [-0.39, 0.29) is 22.3 Å². The molecule has 1 saturated heterocycles. The number of benzene rings is 3. The monoisotopic (exact) mass is 553 g/mol. The van der Waals surface area contributed by atoms with Crippen molar-refractivity contribution in [3.63, 3.8) is 0 Å². The summed E-state index contributed by atoms with van der Waals surface area (Å²) in [6.07, 6.45) is 3.35. The van der Waals surface area contributed by atoms with Gasteiger partial charge in [0, 0.05) is 7.05 Å². The molecule has 0 N–H and O–H groups in total. The lowest BCUT2D eigenvalue weighted by Crippen LogP contribution is -2.33. The van der Waals surface area contributed by atoms with Crippen molar-refractivity contribution in [2.45, 2.75) is 6.92 Å². The van der Waals surface area contributed by atoms with E-state index >= 15 is 0 Å². The lowest BCUT2D eigenvalue weighted by molar-refractivity contribution is -0.113. The van der Waals surface area contributed by atoms with Crippen LogP contribution in [-0.4, -0.2) is 40.9 Å². The average molecular weight is 554 g/mol. The summed E-state index contributed by atoms with van der Waals surface area (Å²) in [6, 6.07) is 24.0. The van der Waals surface area contributed by atoms with Crippen LogP contribution in [0.25, 0.3) is 11.8 Å². The maximum absolute atomic E-state index is 13.8. The largest absolute Gasteiger partial charge is 0.497 e. The van der Waals surface area contributed by atoms with Crippen molar-refractivity contribution in [3.8, 4) is 17.2 Å². The first-order chi connectivity index (χ1) is 19.4. The number of amidine groups is 1. The van der Waals surface area contributed by atoms with Crippen molar-refractivity contribution >= 4 is 40.8 Å². The zero-order valence-corrected chi connectivity index (χ0v) is 23.3. The minimum absolute atomic E-state index is 0.223. The number of para-hydroxylation sites is 1. The quantitative estimate of drug-likeness (QED) is 0.182. The molecule has 0 bridgehead atoms. The van der Waals surface area contributed by atoms with Gasteiger partial charge in [-0.3, -0.25) is 14.3 Å². The molecular formula is C30H27N5O4S. The molecule has 1 fully saturated rings. The van der Waals surface area contributed by atoms with Gasteiger partial charge in [0.15, 0.2) is 0 Å². The molecule has 40 heavy (non-hydrogen) atoms. The highest BCUT2D eigenvalue weighted by atomic mass is 32.2. The van der Waals surface area contributed by atoms with Crippen molar-refractivity contribution in [2.24, 2.45) is 17.3 Å². The van der Waals surface area contributed by atoms with E-state index in [0.29, 0.717) is 22.0 Å². The number of amides is 1. The highest BCUT2D eigenvalue weighted by Crippen LogP contribution is 2.36. The molecule has 202 valence electrons. The SMILES string of the molecule is COc1ccc(/C=C2\S/C(=N\N=C\c3ccc(OC)cc3)N(c3c(C)n(C)n(-c4ccccc4)c3=O)C2=O)cc1. The van der Waals surface area contributed by atoms with Gasteiger partial charge in [0.05, 0.1) is 36.7 Å². The Morgan fingerprint density at radius 3 is 2.02 bits per heavy atom. The highest BCUT2D eigenvalue weighted by Gasteiger charge is 2.39. The number of thioether (sulfide) groups is 1. The van der Waals surface area contributed by atoms with Gasteiger partial charge in [0.1, 0.15) is 17.2 Å². The van der Waals surface area contributed by atoms with E-state index in [1.807, 2.05) is 78.9 Å². The molecular weight excluding hydrogens is 526 g/mol. The van der Waals surface area contributed by atoms with Crippen LogP contribution in [0.15, 0.2) is 98.8 Å². The van der Waals surface area contributed by atoms with Crippen LogP contribution in [0.4, 0.5) is 5.69 Å². The summed E-state index contributed by atoms with van der Waals surface area (Å²) in [6.45, 7) is 1.80. The number of hydrogen-bond donors (Lipinski definition) is 0. The Morgan fingerprint density at radius 1 is 0.825 bits per heavy atom. The lowest BCUT2D eigenvalue weighted by Gasteiger charge is -2.13. The first-order valence-corrected chi connectivity index (χ1v) is 13.2. The van der Waals surface area contributed by atoms with Crippen molar-refractivity contribution < 1.29 is 14.3 Å². The summed E-state index contributed by atoms with van der Waals surface area (Å²) < 4.78 is 13.7. The first-order valence-electron chi connectivity index (χ1n) is 12.4. The number of aromatic nitrogens is 2. The van der Waals surface area contributed by atoms with Crippen LogP contribution in [-0.2, 0) is 11.8 Å². The van der Waals surface area contributed by atoms with Crippen LogP contribution in [0.3, 0.4) is 0 Å². The molecule has 9 nitrogen and oxygen atoms in total. The van der Waals surface area contributed by atoms with Crippen LogP contribution in [0.2, 0.25) is 0 Å². The van der Waals surface area contributed by atoms with Crippen molar-refractivity contribution in [3.05, 3.63) is 111 Å². The third kappa shape index (κ3) is 5.21. The summed E-state index contributed by atoms with van der Waals surface area (Å²) in [5.41, 5.74) is 2.81. The van der Waals surface area contributed by atoms with E-state index < -0.39 is 0 Å². The Bertz CT molecular complexity index is 1690. The predicted molar refractivity (Wildman–Crippen MR) is 160 cm³/mol. The number of ether oxygens (including phenoxy) is 2. The number of anilines is 1. The van der Waals surface area contributed by atoms with Gasteiger partial charge in [-0.2, -0.15) is 5.10 Å². The minimum Gasteiger partial charge on any atom is -0.497 e. The molecule has 0 aliphatic carbocycles. The molecule has 0 unspecified atom stereocenters. The second-order valence-electron chi connectivity index (χ2n) is 8.83. The van der Waals surface area contributed by atoms with Gasteiger partial charge < -0.3 is 9.47 Å². The van der Waals surface area contributed by atoms with Crippen molar-refractivity contribution in [1.29, 1.82) is 0 Å². The maximum Gasteiger partial charge on any atom is 0.296 e. The Morgan fingerprint density at radius 2 is 1.43 bits per heavy atom. The van der Waals surface area contributed by atoms with Crippen molar-refractivity contribution in [1.82, 2.24) is 9.36 Å². The van der Waals surface area contributed by atoms with Gasteiger partial charge in [0.2, 0.25) is 5.17 Å². The highest BCUT2D eigenvalue weighted by molar-refractivity contribution is 8.19. The fourth-order valence-electron chi connectivity index (χ4n) is 4.24. The van der Waals surface area contributed by atoms with E-state index in [4.69, 9.17) is 9.47 Å². The number of hydrogen-bond acceptors (Lipinski definition) is 7. The lowest BCUT2D eigenvalue weighted by atomic mass is 10.2. The van der Waals surface area contributed by atoms with E-state index in [9.17, 15) is 9.59 Å². The number of rotatable bonds is 7. The third-order valence-corrected chi connectivity index (χ3v) is 7.39. The van der Waals surface area contributed by atoms with Crippen LogP contribution in [0.1, 0.15) is 16.8 Å². The fourth-order valence-corrected chi connectivity index (χ4v) is 5.16. The molecule has 1 aliphatic rings. The fraction of sp³-hybridized carbons (Fsp3) is 0.133. The Labute approximate surface area is 235 Å². The van der Waals surface area contributed by atoms with Gasteiger partial charge in [-0.25, -0.2) is 9.58 Å². The van der Waals surface area contributed by atoms with Crippen molar-refractivity contribution in [2.75, 3.05) is 19.1 Å². The molecule has 5 rings (SSSR count). The average Bonchev–Trinajstić information content (AvgIpc) is 3.39. The number of methoxy groups -OCH3 is 2. The molecule has 3 aromatic carbocycles. The zero-order chi connectivity index (χ0) is 28.2. The summed E-state index contributed by atoms with van der Waals surface area (Å²) in [4.78, 5) is 29.4. The Hall–Kier alpha value is -4.83. The zero-order valence-electron chi connectivity index (χ0n) is 22.4. The molecule has 1 amide bonds. The minimum atomic E-state index is -0.356. The summed E-state index contributed by atoms with van der Waals surface area (Å²) in [5, 5.41) is 8.91. The van der Waals surface area contributed by atoms with Gasteiger partial charge >= 0.3 is 0 Å². The topological polar surface area (TPSA) is 90.4 Å². The second kappa shape index (κ2) is 11.5. The smallest absolute Gasteiger partial charge is 0.296 e. The predicted octanol–water partition coefficient (Wildman–Crippen LogP) is 5.01. The molecule has 1 aromatic heterocycles. The Balaban J connectivity index is 1.58. The van der Waals surface area contributed by atoms with E-state index in [0.717, 1.165) is 28.6 Å². The van der Waals surface area contributed by atoms with E-state index in [2.05, 4.69) is 10.2 Å². The Kier molecular flexibility index (Phi) is 7.70. The number of nitrogens with zero attached hydrogens (tertiary/aromatic N) is 5. The van der Waals surface area contributed by atoms with Crippen LogP contribution >= 0.6 is 11.8 Å². The first kappa shape index (κ1) is 26.8. The van der Waals surface area contributed by atoms with E-state index in [1.54, 1.807) is 45.2 Å². The van der Waals surface area contributed by atoms with Gasteiger partial charge in [-0.05, 0) is 84.4 Å². The molecule has 0 spiro atoms. The van der Waals surface area contributed by atoms with E-state index in [1.165, 1.54) is 9.58 Å². The van der Waals surface area contributed by atoms with Gasteiger partial charge in [-0.15, -0.1) is 5.10 Å². The number of carbonyl (C=O) groups excluding carboxylic acids is 1. The molecule has 2 heterocycles. The standard InChI is InChI=1S/C30H27N5O4S/c1-20-27(29(37)35(33(20)2)23-8-6-5-7-9-23)34-28(36)26(18-21-10-14-24(38-3)15-11-21)40-30(34)32-31-19-22-12-16-25(39-4)17-13-22/h5-19H,1-4H3/b26-18-,31-19+,32-30-. The second-order valence-corrected chi connectivity index (χ2v) is 9.84. The number of carbonyl (C=O) groups is 1. The molecule has 1 aliphatic heterocycles. The third-order valence-electron chi connectivity index (χ3n) is 6.43.